The number of nitrogens with zero attached hydrogens (tertiary/aromatic N) is 2. The van der Waals surface area contributed by atoms with E-state index in [1.165, 1.54) is 47.4 Å². The molecule has 0 radical (unpaired) electrons. The lowest BCUT2D eigenvalue weighted by Crippen LogP contribution is -2.53. The fourth-order valence-electron chi connectivity index (χ4n) is 4.76. The summed E-state index contributed by atoms with van der Waals surface area (Å²) >= 11 is 6.47. The highest BCUT2D eigenvalue weighted by molar-refractivity contribution is 7.92. The van der Waals surface area contributed by atoms with Crippen LogP contribution in [0.15, 0.2) is 114 Å². The third-order valence-electron chi connectivity index (χ3n) is 7.13. The Bertz CT molecular complexity index is 1660. The number of amides is 2. The maximum atomic E-state index is 15.0. The number of hydrogen-bond donors (Lipinski definition) is 1. The number of anilines is 1. The van der Waals surface area contributed by atoms with Crippen LogP contribution >= 0.6 is 11.6 Å². The number of hydrogen-bond acceptors (Lipinski definition) is 4. The van der Waals surface area contributed by atoms with Crippen LogP contribution in [0.3, 0.4) is 0 Å². The zero-order chi connectivity index (χ0) is 31.5. The van der Waals surface area contributed by atoms with E-state index in [1.54, 1.807) is 36.4 Å². The molecule has 1 atom stereocenters. The summed E-state index contributed by atoms with van der Waals surface area (Å²) in [6.07, 6.45) is 1.73. The van der Waals surface area contributed by atoms with Crippen molar-refractivity contribution < 1.29 is 22.4 Å². The third-order valence-corrected chi connectivity index (χ3v) is 9.22. The van der Waals surface area contributed by atoms with Gasteiger partial charge in [0.15, 0.2) is 0 Å². The highest BCUT2D eigenvalue weighted by Gasteiger charge is 2.35. The fourth-order valence-corrected chi connectivity index (χ4v) is 6.50. The smallest absolute Gasteiger partial charge is 0.264 e. The molecule has 0 heterocycles. The Labute approximate surface area is 263 Å². The largest absolute Gasteiger partial charge is 0.354 e. The Kier molecular flexibility index (Phi) is 11.5. The number of para-hydroxylation sites is 1. The van der Waals surface area contributed by atoms with Gasteiger partial charge in [-0.3, -0.25) is 13.9 Å². The minimum atomic E-state index is -4.28. The maximum absolute atomic E-state index is 15.0. The van der Waals surface area contributed by atoms with E-state index in [9.17, 15) is 22.4 Å². The number of benzene rings is 4. The van der Waals surface area contributed by atoms with Crippen LogP contribution in [-0.2, 0) is 32.6 Å². The first kappa shape index (κ1) is 32.7. The maximum Gasteiger partial charge on any atom is 0.264 e. The molecule has 7 nitrogen and oxygen atoms in total. The van der Waals surface area contributed by atoms with Crippen LogP contribution in [0.2, 0.25) is 5.02 Å². The van der Waals surface area contributed by atoms with Gasteiger partial charge in [-0.2, -0.15) is 0 Å². The summed E-state index contributed by atoms with van der Waals surface area (Å²) in [5.74, 6) is -1.66. The van der Waals surface area contributed by atoms with E-state index in [0.29, 0.717) is 6.54 Å². The molecule has 1 N–H and O–H groups in total. The number of halogens is 2. The molecule has 0 aliphatic carbocycles. The SMILES string of the molecule is CCCCNC(=O)[C@@H](Cc1ccccc1)N(Cc1ccccc1F)C(=O)CN(c1ccccc1Cl)S(=O)(=O)c1ccccc1. The summed E-state index contributed by atoms with van der Waals surface area (Å²) in [7, 11) is -4.28. The number of carbonyl (C=O) groups is 2. The molecule has 2 amide bonds. The monoisotopic (exact) mass is 635 g/mol. The van der Waals surface area contributed by atoms with E-state index < -0.39 is 40.2 Å². The van der Waals surface area contributed by atoms with Crippen LogP contribution in [0.25, 0.3) is 0 Å². The van der Waals surface area contributed by atoms with Crippen molar-refractivity contribution in [2.24, 2.45) is 0 Å². The summed E-state index contributed by atoms with van der Waals surface area (Å²) < 4.78 is 43.9. The second kappa shape index (κ2) is 15.5. The van der Waals surface area contributed by atoms with Gasteiger partial charge in [-0.25, -0.2) is 12.8 Å². The summed E-state index contributed by atoms with van der Waals surface area (Å²) in [5, 5.41) is 3.03. The van der Waals surface area contributed by atoms with Gasteiger partial charge in [0.05, 0.1) is 15.6 Å². The normalized spacial score (nSPS) is 11.9. The van der Waals surface area contributed by atoms with Crippen molar-refractivity contribution >= 4 is 39.1 Å². The molecular weight excluding hydrogens is 601 g/mol. The van der Waals surface area contributed by atoms with Gasteiger partial charge in [-0.1, -0.05) is 104 Å². The third kappa shape index (κ3) is 8.24. The second-order valence-corrected chi connectivity index (χ2v) is 12.5. The van der Waals surface area contributed by atoms with Crippen molar-refractivity contribution in [3.05, 3.63) is 131 Å². The van der Waals surface area contributed by atoms with Crippen LogP contribution in [0.5, 0.6) is 0 Å². The molecule has 0 saturated carbocycles. The van der Waals surface area contributed by atoms with Gasteiger partial charge >= 0.3 is 0 Å². The van der Waals surface area contributed by atoms with Crippen molar-refractivity contribution in [2.75, 3.05) is 17.4 Å². The molecule has 0 fully saturated rings. The minimum absolute atomic E-state index is 0.0356. The van der Waals surface area contributed by atoms with Gasteiger partial charge < -0.3 is 10.2 Å². The van der Waals surface area contributed by atoms with Crippen LogP contribution in [-0.4, -0.2) is 44.3 Å². The van der Waals surface area contributed by atoms with Gasteiger partial charge in [0.1, 0.15) is 18.4 Å². The highest BCUT2D eigenvalue weighted by atomic mass is 35.5. The predicted octanol–water partition coefficient (Wildman–Crippen LogP) is 6.23. The highest BCUT2D eigenvalue weighted by Crippen LogP contribution is 2.31. The van der Waals surface area contributed by atoms with E-state index in [-0.39, 0.29) is 34.1 Å². The topological polar surface area (TPSA) is 86.8 Å². The van der Waals surface area contributed by atoms with Crippen LogP contribution in [0, 0.1) is 5.82 Å². The van der Waals surface area contributed by atoms with Gasteiger partial charge in [0.25, 0.3) is 10.0 Å². The van der Waals surface area contributed by atoms with Gasteiger partial charge in [0, 0.05) is 25.1 Å². The Morgan fingerprint density at radius 2 is 1.48 bits per heavy atom. The average Bonchev–Trinajstić information content (AvgIpc) is 3.03. The molecule has 0 unspecified atom stereocenters. The Balaban J connectivity index is 1.80. The van der Waals surface area contributed by atoms with Gasteiger partial charge in [-0.15, -0.1) is 0 Å². The van der Waals surface area contributed by atoms with Crippen molar-refractivity contribution in [3.8, 4) is 0 Å². The second-order valence-electron chi connectivity index (χ2n) is 10.2. The predicted molar refractivity (Wildman–Crippen MR) is 171 cm³/mol. The zero-order valence-corrected chi connectivity index (χ0v) is 26.0. The summed E-state index contributed by atoms with van der Waals surface area (Å²) in [6, 6.07) is 28.2. The minimum Gasteiger partial charge on any atom is -0.354 e. The van der Waals surface area contributed by atoms with Crippen molar-refractivity contribution in [1.82, 2.24) is 10.2 Å². The van der Waals surface area contributed by atoms with Crippen LogP contribution < -0.4 is 9.62 Å². The van der Waals surface area contributed by atoms with Gasteiger partial charge in [0.2, 0.25) is 11.8 Å². The van der Waals surface area contributed by atoms with E-state index in [1.807, 2.05) is 37.3 Å². The van der Waals surface area contributed by atoms with Crippen molar-refractivity contribution in [3.63, 3.8) is 0 Å². The van der Waals surface area contributed by atoms with Crippen molar-refractivity contribution in [2.45, 2.75) is 43.7 Å². The molecule has 0 aromatic heterocycles. The van der Waals surface area contributed by atoms with E-state index >= 15 is 0 Å². The number of carbonyl (C=O) groups excluding carboxylic acids is 2. The zero-order valence-electron chi connectivity index (χ0n) is 24.4. The number of unbranched alkanes of at least 4 members (excludes halogenated alkanes) is 1. The lowest BCUT2D eigenvalue weighted by Gasteiger charge is -2.34. The summed E-state index contributed by atoms with van der Waals surface area (Å²) in [4.78, 5) is 29.3. The Morgan fingerprint density at radius 3 is 2.14 bits per heavy atom. The molecule has 0 aliphatic rings. The molecule has 10 heteroatoms. The number of rotatable bonds is 14. The van der Waals surface area contributed by atoms with Crippen LogP contribution in [0.1, 0.15) is 30.9 Å². The Hall–Kier alpha value is -4.21. The molecule has 44 heavy (non-hydrogen) atoms. The first-order valence-corrected chi connectivity index (χ1v) is 16.2. The molecule has 0 spiro atoms. The standard InChI is InChI=1S/C34H35ClFN3O4S/c1-2-3-22-37-34(41)32(23-26-14-6-4-7-15-26)38(24-27-16-10-12-20-30(27)36)33(40)25-39(31-21-13-11-19-29(31)35)44(42,43)28-17-8-5-9-18-28/h4-21,32H,2-3,22-25H2,1H3,(H,37,41)/t32-/m1/s1. The van der Waals surface area contributed by atoms with Crippen molar-refractivity contribution in [1.29, 1.82) is 0 Å². The van der Waals surface area contributed by atoms with E-state index in [0.717, 1.165) is 22.7 Å². The Morgan fingerprint density at radius 1 is 0.864 bits per heavy atom. The quantitative estimate of drug-likeness (QED) is 0.166. The number of sulfonamides is 1. The molecule has 0 aliphatic heterocycles. The lowest BCUT2D eigenvalue weighted by molar-refractivity contribution is -0.140. The molecule has 4 aromatic carbocycles. The molecule has 0 bridgehead atoms. The lowest BCUT2D eigenvalue weighted by atomic mass is 10.0. The molecule has 230 valence electrons. The molecular formula is C34H35ClFN3O4S. The molecule has 0 saturated heterocycles. The summed E-state index contributed by atoms with van der Waals surface area (Å²) in [6.45, 7) is 1.46. The van der Waals surface area contributed by atoms with Gasteiger partial charge in [-0.05, 0) is 42.3 Å². The average molecular weight is 636 g/mol. The van der Waals surface area contributed by atoms with E-state index in [2.05, 4.69) is 5.32 Å². The first-order chi connectivity index (χ1) is 21.2. The number of nitrogens with one attached hydrogen (secondary N) is 1. The fraction of sp³-hybridized carbons (Fsp3) is 0.235. The van der Waals surface area contributed by atoms with Crippen LogP contribution in [0.4, 0.5) is 10.1 Å². The summed E-state index contributed by atoms with van der Waals surface area (Å²) in [5.41, 5.74) is 1.08. The first-order valence-electron chi connectivity index (χ1n) is 14.4. The molecule has 4 rings (SSSR count). The molecule has 4 aromatic rings. The van der Waals surface area contributed by atoms with E-state index in [4.69, 9.17) is 11.6 Å².